The van der Waals surface area contributed by atoms with Crippen molar-refractivity contribution in [3.63, 3.8) is 0 Å². The van der Waals surface area contributed by atoms with Crippen LogP contribution in [0.4, 0.5) is 4.79 Å². The number of rotatable bonds is 7. The van der Waals surface area contributed by atoms with Gasteiger partial charge in [-0.1, -0.05) is 6.07 Å². The van der Waals surface area contributed by atoms with E-state index in [9.17, 15) is 14.4 Å². The lowest BCUT2D eigenvalue weighted by molar-refractivity contribution is -0.122. The largest absolute Gasteiger partial charge is 0.493 e. The van der Waals surface area contributed by atoms with Crippen molar-refractivity contribution in [1.29, 1.82) is 0 Å². The van der Waals surface area contributed by atoms with Crippen molar-refractivity contribution in [3.05, 3.63) is 51.2 Å². The topological polar surface area (TPSA) is 98.1 Å². The molecular weight excluding hydrogens is 464 g/mol. The van der Waals surface area contributed by atoms with Crippen molar-refractivity contribution in [2.45, 2.75) is 0 Å². The molecule has 0 spiro atoms. The molecule has 1 saturated heterocycles. The molecule has 0 bridgehead atoms. The molecule has 29 heavy (non-hydrogen) atoms. The monoisotopic (exact) mass is 480 g/mol. The number of halogens is 1. The fourth-order valence-corrected chi connectivity index (χ4v) is 3.76. The average molecular weight is 481 g/mol. The number of methoxy groups -OCH3 is 2. The number of furan rings is 1. The number of thioether (sulfide) groups is 1. The lowest BCUT2D eigenvalue weighted by atomic mass is 10.2. The van der Waals surface area contributed by atoms with E-state index in [1.54, 1.807) is 30.3 Å². The smallest absolute Gasteiger partial charge is 0.293 e. The first kappa shape index (κ1) is 21.0. The van der Waals surface area contributed by atoms with Crippen molar-refractivity contribution in [2.24, 2.45) is 0 Å². The first-order chi connectivity index (χ1) is 13.9. The van der Waals surface area contributed by atoms with E-state index in [1.807, 2.05) is 0 Å². The first-order valence-corrected chi connectivity index (χ1v) is 10.0. The molecule has 2 aromatic rings. The van der Waals surface area contributed by atoms with Crippen LogP contribution in [0.2, 0.25) is 0 Å². The van der Waals surface area contributed by atoms with Crippen LogP contribution in [0.1, 0.15) is 16.1 Å². The fraction of sp³-hybridized carbons (Fsp3) is 0.211. The second kappa shape index (κ2) is 9.19. The SMILES string of the molecule is COc1ccc(/C=C2/SC(=O)N(CCNC(=O)c3ccc(Br)o3)C2=O)cc1OC. The Hall–Kier alpha value is -2.72. The minimum atomic E-state index is -0.427. The van der Waals surface area contributed by atoms with Crippen LogP contribution in [0.5, 0.6) is 11.5 Å². The van der Waals surface area contributed by atoms with Crippen LogP contribution < -0.4 is 14.8 Å². The zero-order chi connectivity index (χ0) is 21.0. The highest BCUT2D eigenvalue weighted by atomic mass is 79.9. The normalized spacial score (nSPS) is 15.1. The van der Waals surface area contributed by atoms with Crippen LogP contribution in [-0.4, -0.2) is 49.3 Å². The Morgan fingerprint density at radius 2 is 1.97 bits per heavy atom. The van der Waals surface area contributed by atoms with Gasteiger partial charge in [-0.2, -0.15) is 0 Å². The summed E-state index contributed by atoms with van der Waals surface area (Å²) in [6.45, 7) is 0.167. The fourth-order valence-electron chi connectivity index (χ4n) is 2.59. The van der Waals surface area contributed by atoms with Gasteiger partial charge in [-0.3, -0.25) is 19.3 Å². The maximum atomic E-state index is 12.6. The third kappa shape index (κ3) is 4.83. The number of benzene rings is 1. The molecule has 1 aliphatic rings. The molecule has 0 aliphatic carbocycles. The van der Waals surface area contributed by atoms with Crippen LogP contribution in [0.3, 0.4) is 0 Å². The molecule has 2 heterocycles. The first-order valence-electron chi connectivity index (χ1n) is 8.44. The lowest BCUT2D eigenvalue weighted by Gasteiger charge is -2.12. The van der Waals surface area contributed by atoms with E-state index in [4.69, 9.17) is 13.9 Å². The lowest BCUT2D eigenvalue weighted by Crippen LogP contribution is -2.37. The van der Waals surface area contributed by atoms with Crippen LogP contribution in [0.25, 0.3) is 6.08 Å². The number of amides is 3. The molecule has 10 heteroatoms. The summed E-state index contributed by atoms with van der Waals surface area (Å²) in [6.07, 6.45) is 1.62. The third-order valence-corrected chi connectivity index (χ3v) is 5.33. The third-order valence-electron chi connectivity index (χ3n) is 4.00. The van der Waals surface area contributed by atoms with E-state index >= 15 is 0 Å². The maximum Gasteiger partial charge on any atom is 0.293 e. The molecular formula is C19H17BrN2O6S. The van der Waals surface area contributed by atoms with Crippen LogP contribution >= 0.6 is 27.7 Å². The number of hydrogen-bond donors (Lipinski definition) is 1. The molecule has 1 N–H and O–H groups in total. The number of hydrogen-bond acceptors (Lipinski definition) is 7. The Morgan fingerprint density at radius 3 is 2.62 bits per heavy atom. The molecule has 0 atom stereocenters. The predicted octanol–water partition coefficient (Wildman–Crippen LogP) is 3.53. The van der Waals surface area contributed by atoms with Crippen molar-refractivity contribution < 1.29 is 28.3 Å². The highest BCUT2D eigenvalue weighted by Crippen LogP contribution is 2.34. The average Bonchev–Trinajstić information content (AvgIpc) is 3.26. The molecule has 0 unspecified atom stereocenters. The Labute approximate surface area is 179 Å². The summed E-state index contributed by atoms with van der Waals surface area (Å²) < 4.78 is 16.0. The number of imide groups is 1. The standard InChI is InChI=1S/C19H17BrN2O6S/c1-26-12-4-3-11(9-14(12)27-2)10-15-18(24)22(19(25)29-15)8-7-21-17(23)13-5-6-16(20)28-13/h3-6,9-10H,7-8H2,1-2H3,(H,21,23)/b15-10+. The van der Waals surface area contributed by atoms with Gasteiger partial charge in [0.05, 0.1) is 19.1 Å². The van der Waals surface area contributed by atoms with Gasteiger partial charge in [0.25, 0.3) is 17.1 Å². The molecule has 1 fully saturated rings. The Bertz CT molecular complexity index is 987. The highest BCUT2D eigenvalue weighted by Gasteiger charge is 2.34. The van der Waals surface area contributed by atoms with Gasteiger partial charge in [-0.25, -0.2) is 0 Å². The minimum Gasteiger partial charge on any atom is -0.493 e. The van der Waals surface area contributed by atoms with Crippen molar-refractivity contribution in [1.82, 2.24) is 10.2 Å². The number of nitrogens with zero attached hydrogens (tertiary/aromatic N) is 1. The summed E-state index contributed by atoms with van der Waals surface area (Å²) in [7, 11) is 3.05. The highest BCUT2D eigenvalue weighted by molar-refractivity contribution is 9.10. The van der Waals surface area contributed by atoms with E-state index < -0.39 is 17.1 Å². The van der Waals surface area contributed by atoms with Gasteiger partial charge in [0, 0.05) is 13.1 Å². The molecule has 1 aliphatic heterocycles. The molecule has 152 valence electrons. The van der Waals surface area contributed by atoms with E-state index in [-0.39, 0.29) is 18.8 Å². The van der Waals surface area contributed by atoms with Gasteiger partial charge in [0.15, 0.2) is 21.9 Å². The zero-order valence-corrected chi connectivity index (χ0v) is 18.0. The van der Waals surface area contributed by atoms with Crippen molar-refractivity contribution in [3.8, 4) is 11.5 Å². The van der Waals surface area contributed by atoms with Crippen molar-refractivity contribution in [2.75, 3.05) is 27.3 Å². The van der Waals surface area contributed by atoms with Gasteiger partial charge in [-0.15, -0.1) is 0 Å². The van der Waals surface area contributed by atoms with E-state index in [0.29, 0.717) is 26.6 Å². The summed E-state index contributed by atoms with van der Waals surface area (Å²) in [5.74, 6) is 0.387. The van der Waals surface area contributed by atoms with Crippen molar-refractivity contribution >= 4 is 50.8 Å². The zero-order valence-electron chi connectivity index (χ0n) is 15.6. The van der Waals surface area contributed by atoms with Crippen LogP contribution in [-0.2, 0) is 4.79 Å². The number of nitrogens with one attached hydrogen (secondary N) is 1. The quantitative estimate of drug-likeness (QED) is 0.605. The Kier molecular flexibility index (Phi) is 6.65. The van der Waals surface area contributed by atoms with Gasteiger partial charge in [0.1, 0.15) is 0 Å². The molecule has 3 rings (SSSR count). The maximum absolute atomic E-state index is 12.6. The Morgan fingerprint density at radius 1 is 1.21 bits per heavy atom. The predicted molar refractivity (Wildman–Crippen MR) is 111 cm³/mol. The van der Waals surface area contributed by atoms with E-state index in [0.717, 1.165) is 16.7 Å². The molecule has 0 radical (unpaired) electrons. The molecule has 3 amide bonds. The second-order valence-corrected chi connectivity index (χ2v) is 7.58. The van der Waals surface area contributed by atoms with Gasteiger partial charge >= 0.3 is 0 Å². The summed E-state index contributed by atoms with van der Waals surface area (Å²) >= 11 is 3.97. The summed E-state index contributed by atoms with van der Waals surface area (Å²) in [5.41, 5.74) is 0.699. The van der Waals surface area contributed by atoms with E-state index in [1.165, 1.54) is 20.3 Å². The van der Waals surface area contributed by atoms with Gasteiger partial charge < -0.3 is 19.2 Å². The molecule has 1 aromatic heterocycles. The number of ether oxygens (including phenoxy) is 2. The Balaban J connectivity index is 1.63. The van der Waals surface area contributed by atoms with E-state index in [2.05, 4.69) is 21.2 Å². The number of carbonyl (C=O) groups is 3. The number of carbonyl (C=O) groups excluding carboxylic acids is 3. The summed E-state index contributed by atoms with van der Waals surface area (Å²) in [6, 6.07) is 8.32. The van der Waals surface area contributed by atoms with Crippen LogP contribution in [0.15, 0.2) is 44.3 Å². The van der Waals surface area contributed by atoms with Gasteiger partial charge in [0.2, 0.25) is 0 Å². The molecule has 1 aromatic carbocycles. The molecule has 0 saturated carbocycles. The van der Waals surface area contributed by atoms with Gasteiger partial charge in [-0.05, 0) is 63.6 Å². The minimum absolute atomic E-state index is 0.0571. The molecule has 8 nitrogen and oxygen atoms in total. The summed E-state index contributed by atoms with van der Waals surface area (Å²) in [4.78, 5) is 38.1. The second-order valence-electron chi connectivity index (χ2n) is 5.81. The van der Waals surface area contributed by atoms with Crippen LogP contribution in [0, 0.1) is 0 Å². The summed E-state index contributed by atoms with van der Waals surface area (Å²) in [5, 5.41) is 2.22.